The van der Waals surface area contributed by atoms with Crippen LogP contribution in [0.1, 0.15) is 1.43 Å². The Morgan fingerprint density at radius 3 is 1.50 bits per heavy atom. The van der Waals surface area contributed by atoms with Gasteiger partial charge in [-0.25, -0.2) is 0 Å². The Morgan fingerprint density at radius 2 is 1.50 bits per heavy atom. The number of rotatable bonds is 0. The molecular weight excluding hydrogens is 210 g/mol. The van der Waals surface area contributed by atoms with Crippen LogP contribution in [0.3, 0.4) is 0 Å². The molecular formula is H4AsKO3Ti. The predicted octanol–water partition coefficient (Wildman–Crippen LogP) is -4.77. The van der Waals surface area contributed by atoms with E-state index in [1.807, 2.05) is 0 Å². The van der Waals surface area contributed by atoms with Crippen molar-refractivity contribution in [1.82, 2.24) is 0 Å². The Bertz CT molecular complexity index is 37.9. The molecule has 32 valence electrons. The Morgan fingerprint density at radius 1 is 1.50 bits per heavy atom. The van der Waals surface area contributed by atoms with Crippen molar-refractivity contribution in [1.29, 1.82) is 0 Å². The molecule has 2 N–H and O–H groups in total. The topological polar surface area (TPSA) is 57.5 Å². The molecule has 0 aliphatic rings. The second-order valence-corrected chi connectivity index (χ2v) is 1.47. The molecule has 0 fully saturated rings. The second kappa shape index (κ2) is 10.6. The Hall–Kier alpha value is 2.63. The van der Waals surface area contributed by atoms with E-state index in [0.717, 1.165) is 0 Å². The minimum absolute atomic E-state index is 0. The van der Waals surface area contributed by atoms with Crippen molar-refractivity contribution in [3.63, 3.8) is 0 Å². The smallest absolute Gasteiger partial charge is 1.00 e. The zero-order chi connectivity index (χ0) is 3.58. The van der Waals surface area contributed by atoms with Crippen molar-refractivity contribution in [3.8, 4) is 0 Å². The first-order valence-corrected chi connectivity index (χ1v) is 3.38. The van der Waals surface area contributed by atoms with E-state index < -0.39 is 15.3 Å². The first-order chi connectivity index (χ1) is 1.73. The van der Waals surface area contributed by atoms with Gasteiger partial charge in [0.15, 0.2) is 0 Å². The number of hydrogen-bond acceptors (Lipinski definition) is 1. The normalized spacial score (nSPS) is 5.83. The molecule has 0 amide bonds. The first kappa shape index (κ1) is 15.9. The molecule has 0 aromatic carbocycles. The quantitative estimate of drug-likeness (QED) is 0.398. The molecule has 0 bridgehead atoms. The molecule has 0 aliphatic carbocycles. The van der Waals surface area contributed by atoms with Gasteiger partial charge in [0.2, 0.25) is 0 Å². The van der Waals surface area contributed by atoms with Crippen LogP contribution in [0, 0.1) is 0 Å². The summed E-state index contributed by atoms with van der Waals surface area (Å²) in [4.78, 5) is 0. The predicted molar refractivity (Wildman–Crippen MR) is 13.4 cm³/mol. The van der Waals surface area contributed by atoms with Crippen LogP contribution < -0.4 is 51.4 Å². The third-order valence-corrected chi connectivity index (χ3v) is 0. The minimum Gasteiger partial charge on any atom is -1.00 e. The molecule has 0 aromatic rings. The van der Waals surface area contributed by atoms with Gasteiger partial charge in [0.1, 0.15) is 0 Å². The molecule has 0 rings (SSSR count). The van der Waals surface area contributed by atoms with Crippen LogP contribution in [0.15, 0.2) is 0 Å². The summed E-state index contributed by atoms with van der Waals surface area (Å²) < 4.78 is 23.2. The third-order valence-electron chi connectivity index (χ3n) is 0. The van der Waals surface area contributed by atoms with Gasteiger partial charge in [0.05, 0.1) is 0 Å². The van der Waals surface area contributed by atoms with Crippen molar-refractivity contribution in [3.05, 3.63) is 0 Å². The van der Waals surface area contributed by atoms with Gasteiger partial charge in [0.25, 0.3) is 0 Å². The maximum atomic E-state index is 8.81. The van der Waals surface area contributed by atoms with E-state index in [9.17, 15) is 0 Å². The fourth-order valence-electron chi connectivity index (χ4n) is 0. The van der Waals surface area contributed by atoms with Crippen molar-refractivity contribution in [2.45, 2.75) is 0 Å². The molecule has 0 radical (unpaired) electrons. The molecule has 0 aromatic heterocycles. The molecule has 0 heterocycles. The zero-order valence-electron chi connectivity index (χ0n) is 4.30. The summed E-state index contributed by atoms with van der Waals surface area (Å²) in [7, 11) is 0. The van der Waals surface area contributed by atoms with Crippen LogP contribution in [-0.4, -0.2) is 23.5 Å². The van der Waals surface area contributed by atoms with Crippen LogP contribution in [0.4, 0.5) is 0 Å². The Balaban J connectivity index is -0.0000000150. The van der Waals surface area contributed by atoms with E-state index in [-0.39, 0.29) is 74.5 Å². The summed E-state index contributed by atoms with van der Waals surface area (Å²) in [6.45, 7) is 0. The maximum absolute atomic E-state index is 8.81. The van der Waals surface area contributed by atoms with Gasteiger partial charge < -0.3 is 1.43 Å². The summed E-state index contributed by atoms with van der Waals surface area (Å²) in [5.41, 5.74) is 0. The summed E-state index contributed by atoms with van der Waals surface area (Å²) in [5.74, 6) is 0. The molecule has 0 atom stereocenters. The van der Waals surface area contributed by atoms with Crippen molar-refractivity contribution in [2.24, 2.45) is 0 Å². The van der Waals surface area contributed by atoms with Crippen molar-refractivity contribution in [2.75, 3.05) is 0 Å². The fraction of sp³-hybridized carbons (Fsp3) is 0. The van der Waals surface area contributed by atoms with Crippen LogP contribution in [-0.2, 0) is 25.5 Å². The van der Waals surface area contributed by atoms with Crippen molar-refractivity contribution < 1.29 is 86.5 Å². The van der Waals surface area contributed by atoms with Gasteiger partial charge in [-0.05, 0) is 0 Å². The Kier molecular flexibility index (Phi) is 28.0. The van der Waals surface area contributed by atoms with Gasteiger partial charge in [-0.3, -0.25) is 0 Å². The maximum Gasteiger partial charge on any atom is 1.00 e. The molecule has 0 aliphatic heterocycles. The molecule has 6 heavy (non-hydrogen) atoms. The van der Waals surface area contributed by atoms with Crippen molar-refractivity contribution >= 4 is 15.3 Å². The zero-order valence-corrected chi connectivity index (χ0v) is 10.1. The van der Waals surface area contributed by atoms with Crippen LogP contribution in [0.5, 0.6) is 0 Å². The van der Waals surface area contributed by atoms with E-state index in [1.165, 1.54) is 0 Å². The second-order valence-electron chi connectivity index (χ2n) is 0.283. The summed E-state index contributed by atoms with van der Waals surface area (Å²) in [6, 6.07) is 0. The molecule has 3 nitrogen and oxygen atoms in total. The molecule has 0 unspecified atom stereocenters. The minimum atomic E-state index is -3.58. The van der Waals surface area contributed by atoms with E-state index in [0.29, 0.717) is 0 Å². The number of hydrogen-bond donors (Lipinski definition) is 2. The van der Waals surface area contributed by atoms with Gasteiger partial charge in [-0.1, -0.05) is 0 Å². The molecule has 0 saturated heterocycles. The van der Waals surface area contributed by atoms with Gasteiger partial charge in [0, 0.05) is 21.7 Å². The van der Waals surface area contributed by atoms with Crippen LogP contribution in [0.25, 0.3) is 0 Å². The van der Waals surface area contributed by atoms with Crippen LogP contribution >= 0.6 is 0 Å². The van der Waals surface area contributed by atoms with E-state index in [1.54, 1.807) is 0 Å². The van der Waals surface area contributed by atoms with E-state index in [2.05, 4.69) is 0 Å². The average molecular weight is 214 g/mol. The Labute approximate surface area is 99.5 Å². The summed E-state index contributed by atoms with van der Waals surface area (Å²) in [6.07, 6.45) is 0. The van der Waals surface area contributed by atoms with Gasteiger partial charge in [-0.15, -0.1) is 0 Å². The molecule has 0 saturated carbocycles. The van der Waals surface area contributed by atoms with E-state index >= 15 is 0 Å². The SMILES string of the molecule is O=[AsH](O)O.[H-].[K+].[Ti]. The van der Waals surface area contributed by atoms with Crippen LogP contribution in [0.2, 0.25) is 0 Å². The van der Waals surface area contributed by atoms with E-state index in [4.69, 9.17) is 11.9 Å². The fourth-order valence-corrected chi connectivity index (χ4v) is 0. The largest absolute Gasteiger partial charge is 1.00 e. The summed E-state index contributed by atoms with van der Waals surface area (Å²) >= 11 is -3.58. The standard InChI is InChI=1S/AsH3O3.K.Ti.H/c2-1(3)4;;;/h1H,(H2,2,3,4);;;/q;+1;;-1. The monoisotopic (exact) mass is 214 g/mol. The van der Waals surface area contributed by atoms with Gasteiger partial charge in [-0.2, -0.15) is 0 Å². The average Bonchev–Trinajstić information content (AvgIpc) is 0.811. The first-order valence-electron chi connectivity index (χ1n) is 0.651. The molecule has 6 heteroatoms. The molecule has 0 spiro atoms. The third kappa shape index (κ3) is 30.4. The van der Waals surface area contributed by atoms with Gasteiger partial charge >= 0.3 is 78.6 Å². The summed E-state index contributed by atoms with van der Waals surface area (Å²) in [5, 5.41) is 0.